The molecule has 1 aliphatic carbocycles. The van der Waals surface area contributed by atoms with Gasteiger partial charge in [-0.1, -0.05) is 0 Å². The first-order chi connectivity index (χ1) is 12.5. The monoisotopic (exact) mass is 365 g/mol. The summed E-state index contributed by atoms with van der Waals surface area (Å²) < 4.78 is 31.8. The number of alkyl halides is 2. The van der Waals surface area contributed by atoms with E-state index in [4.69, 9.17) is 4.74 Å². The highest BCUT2D eigenvalue weighted by Gasteiger charge is 2.52. The van der Waals surface area contributed by atoms with Crippen LogP contribution in [0.5, 0.6) is 0 Å². The fourth-order valence-corrected chi connectivity index (χ4v) is 4.47. The highest BCUT2D eigenvalue weighted by Crippen LogP contribution is 2.43. The zero-order valence-electron chi connectivity index (χ0n) is 14.8. The van der Waals surface area contributed by atoms with Crippen LogP contribution in [0.25, 0.3) is 0 Å². The van der Waals surface area contributed by atoms with Crippen molar-refractivity contribution in [1.82, 2.24) is 15.2 Å². The average molecular weight is 365 g/mol. The highest BCUT2D eigenvalue weighted by molar-refractivity contribution is 5.79. The Hall–Kier alpha value is -1.60. The van der Waals surface area contributed by atoms with Gasteiger partial charge in [0.05, 0.1) is 5.60 Å². The lowest BCUT2D eigenvalue weighted by molar-refractivity contribution is -0.150. The maximum absolute atomic E-state index is 12.9. The van der Waals surface area contributed by atoms with E-state index in [-0.39, 0.29) is 24.3 Å². The molecule has 2 saturated heterocycles. The summed E-state index contributed by atoms with van der Waals surface area (Å²) in [6.45, 7) is 4.01. The topological polar surface area (TPSA) is 54.5 Å². The molecule has 1 spiro atoms. The van der Waals surface area contributed by atoms with Crippen molar-refractivity contribution < 1.29 is 18.3 Å². The molecule has 2 aliphatic heterocycles. The molecule has 142 valence electrons. The highest BCUT2D eigenvalue weighted by atomic mass is 19.3. The van der Waals surface area contributed by atoms with Gasteiger partial charge in [0.1, 0.15) is 0 Å². The summed E-state index contributed by atoms with van der Waals surface area (Å²) in [6.07, 6.45) is 4.85. The molecule has 26 heavy (non-hydrogen) atoms. The number of amides is 1. The van der Waals surface area contributed by atoms with Crippen LogP contribution in [0.15, 0.2) is 24.5 Å². The number of nitrogens with zero attached hydrogens (tertiary/aromatic N) is 2. The number of rotatable bonds is 6. The summed E-state index contributed by atoms with van der Waals surface area (Å²) in [4.78, 5) is 18.3. The minimum absolute atomic E-state index is 0.0960. The Bertz CT molecular complexity index is 641. The number of ether oxygens (including phenoxy) is 1. The van der Waals surface area contributed by atoms with Gasteiger partial charge in [-0.2, -0.15) is 0 Å². The molecule has 3 fully saturated rings. The van der Waals surface area contributed by atoms with Gasteiger partial charge in [0, 0.05) is 63.9 Å². The molecule has 1 atom stereocenters. The van der Waals surface area contributed by atoms with Crippen molar-refractivity contribution in [2.24, 2.45) is 11.8 Å². The second kappa shape index (κ2) is 6.85. The van der Waals surface area contributed by atoms with Crippen molar-refractivity contribution in [3.8, 4) is 0 Å². The number of aromatic nitrogens is 1. The van der Waals surface area contributed by atoms with Crippen LogP contribution in [-0.4, -0.2) is 53.6 Å². The maximum Gasteiger partial charge on any atom is 0.249 e. The van der Waals surface area contributed by atoms with Crippen LogP contribution in [0.1, 0.15) is 31.2 Å². The van der Waals surface area contributed by atoms with Crippen LogP contribution in [-0.2, 0) is 16.1 Å². The summed E-state index contributed by atoms with van der Waals surface area (Å²) in [5, 5.41) is 2.84. The number of hydrogen-bond donors (Lipinski definition) is 1. The minimum atomic E-state index is -2.64. The molecule has 1 saturated carbocycles. The lowest BCUT2D eigenvalue weighted by Crippen LogP contribution is -2.64. The zero-order valence-corrected chi connectivity index (χ0v) is 14.8. The lowest BCUT2D eigenvalue weighted by Gasteiger charge is -2.50. The SMILES string of the molecule is O=C(NCCC1CCOC12CN(Cc1ccncc1)C2)C1CC(F)(F)C1. The Labute approximate surface area is 152 Å². The summed E-state index contributed by atoms with van der Waals surface area (Å²) in [6, 6.07) is 4.05. The molecule has 1 N–H and O–H groups in total. The number of nitrogens with one attached hydrogen (secondary N) is 1. The smallest absolute Gasteiger partial charge is 0.249 e. The van der Waals surface area contributed by atoms with Gasteiger partial charge >= 0.3 is 0 Å². The third kappa shape index (κ3) is 3.60. The third-order valence-corrected chi connectivity index (χ3v) is 5.99. The molecule has 3 aliphatic rings. The van der Waals surface area contributed by atoms with Crippen molar-refractivity contribution in [2.45, 2.75) is 43.8 Å². The number of likely N-dealkylation sites (tertiary alicyclic amines) is 1. The van der Waals surface area contributed by atoms with Gasteiger partial charge in [-0.05, 0) is 36.5 Å². The van der Waals surface area contributed by atoms with Gasteiger partial charge in [0.25, 0.3) is 0 Å². The van der Waals surface area contributed by atoms with E-state index in [0.29, 0.717) is 12.5 Å². The molecule has 5 nitrogen and oxygen atoms in total. The Balaban J connectivity index is 1.20. The average Bonchev–Trinajstić information content (AvgIpc) is 2.97. The van der Waals surface area contributed by atoms with E-state index in [2.05, 4.69) is 15.2 Å². The van der Waals surface area contributed by atoms with Crippen molar-refractivity contribution in [1.29, 1.82) is 0 Å². The van der Waals surface area contributed by atoms with Crippen molar-refractivity contribution in [2.75, 3.05) is 26.2 Å². The molecule has 1 aromatic heterocycles. The van der Waals surface area contributed by atoms with E-state index in [9.17, 15) is 13.6 Å². The molecule has 3 heterocycles. The summed E-state index contributed by atoms with van der Waals surface area (Å²) in [7, 11) is 0. The first-order valence-corrected chi connectivity index (χ1v) is 9.37. The number of pyridine rings is 1. The molecule has 1 unspecified atom stereocenters. The van der Waals surface area contributed by atoms with Crippen LogP contribution < -0.4 is 5.32 Å². The van der Waals surface area contributed by atoms with Crippen LogP contribution in [0.4, 0.5) is 8.78 Å². The van der Waals surface area contributed by atoms with Crippen LogP contribution in [0.2, 0.25) is 0 Å². The number of carbonyl (C=O) groups excluding carboxylic acids is 1. The lowest BCUT2D eigenvalue weighted by atomic mass is 9.78. The fourth-order valence-electron chi connectivity index (χ4n) is 4.47. The van der Waals surface area contributed by atoms with Gasteiger partial charge in [0.15, 0.2) is 0 Å². The zero-order chi connectivity index (χ0) is 18.2. The summed E-state index contributed by atoms with van der Waals surface area (Å²) in [5.41, 5.74) is 1.15. The van der Waals surface area contributed by atoms with Gasteiger partial charge < -0.3 is 10.1 Å². The minimum Gasteiger partial charge on any atom is -0.372 e. The Morgan fingerprint density at radius 2 is 2.04 bits per heavy atom. The van der Waals surface area contributed by atoms with Gasteiger partial charge in [-0.25, -0.2) is 8.78 Å². The summed E-state index contributed by atoms with van der Waals surface area (Å²) >= 11 is 0. The molecule has 0 bridgehead atoms. The van der Waals surface area contributed by atoms with Gasteiger partial charge in [0.2, 0.25) is 11.8 Å². The van der Waals surface area contributed by atoms with Gasteiger partial charge in [-0.15, -0.1) is 0 Å². The summed E-state index contributed by atoms with van der Waals surface area (Å²) in [5.74, 6) is -2.97. The van der Waals surface area contributed by atoms with Crippen LogP contribution >= 0.6 is 0 Å². The molecule has 4 rings (SSSR count). The molecule has 1 amide bonds. The predicted molar refractivity (Wildman–Crippen MR) is 91.6 cm³/mol. The standard InChI is InChI=1S/C19H25F2N3O2/c20-19(21)9-15(10-19)17(25)23-7-3-16-4-8-26-18(16)12-24(13-18)11-14-1-5-22-6-2-14/h1-2,5-6,15-16H,3-4,7-13H2,(H,23,25). The second-order valence-electron chi connectivity index (χ2n) is 7.94. The Morgan fingerprint density at radius 3 is 2.73 bits per heavy atom. The quantitative estimate of drug-likeness (QED) is 0.840. The first-order valence-electron chi connectivity index (χ1n) is 9.37. The van der Waals surface area contributed by atoms with E-state index in [1.807, 2.05) is 12.1 Å². The van der Waals surface area contributed by atoms with E-state index in [1.54, 1.807) is 12.4 Å². The van der Waals surface area contributed by atoms with Crippen LogP contribution in [0.3, 0.4) is 0 Å². The second-order valence-corrected chi connectivity index (χ2v) is 7.94. The Morgan fingerprint density at radius 1 is 1.31 bits per heavy atom. The normalized spacial score (nSPS) is 27.1. The largest absolute Gasteiger partial charge is 0.372 e. The van der Waals surface area contributed by atoms with E-state index in [0.717, 1.165) is 39.1 Å². The van der Waals surface area contributed by atoms with Crippen molar-refractivity contribution in [3.63, 3.8) is 0 Å². The number of halogens is 2. The van der Waals surface area contributed by atoms with Crippen molar-refractivity contribution in [3.05, 3.63) is 30.1 Å². The fraction of sp³-hybridized carbons (Fsp3) is 0.684. The number of hydrogen-bond acceptors (Lipinski definition) is 4. The van der Waals surface area contributed by atoms with E-state index < -0.39 is 11.8 Å². The van der Waals surface area contributed by atoms with Crippen LogP contribution in [0, 0.1) is 11.8 Å². The van der Waals surface area contributed by atoms with Crippen molar-refractivity contribution >= 4 is 5.91 Å². The first kappa shape index (κ1) is 17.8. The molecule has 1 aromatic rings. The molecule has 0 radical (unpaired) electrons. The molecular formula is C19H25F2N3O2. The third-order valence-electron chi connectivity index (χ3n) is 5.99. The molecular weight excluding hydrogens is 340 g/mol. The predicted octanol–water partition coefficient (Wildman–Crippen LogP) is 2.22. The Kier molecular flexibility index (Phi) is 4.69. The van der Waals surface area contributed by atoms with Gasteiger partial charge in [-0.3, -0.25) is 14.7 Å². The number of carbonyl (C=O) groups is 1. The van der Waals surface area contributed by atoms with E-state index in [1.165, 1.54) is 5.56 Å². The maximum atomic E-state index is 12.9. The van der Waals surface area contributed by atoms with E-state index >= 15 is 0 Å². The molecule has 0 aromatic carbocycles. The molecule has 7 heteroatoms.